The fourth-order valence-electron chi connectivity index (χ4n) is 2.18. The van der Waals surface area contributed by atoms with Crippen LogP contribution >= 0.6 is 0 Å². The molecule has 0 saturated carbocycles. The number of benzene rings is 1. The number of hydrogen-bond donors (Lipinski definition) is 1. The molecule has 1 amide bonds. The SMILES string of the molecule is COc1ccc(CC(=O)NCCc2c(C)noc2C)cc1. The predicted molar refractivity (Wildman–Crippen MR) is 79.4 cm³/mol. The molecule has 0 radical (unpaired) electrons. The van der Waals surface area contributed by atoms with Crippen molar-refractivity contribution >= 4 is 5.91 Å². The van der Waals surface area contributed by atoms with E-state index in [9.17, 15) is 4.79 Å². The van der Waals surface area contributed by atoms with Crippen LogP contribution in [0.5, 0.6) is 5.75 Å². The molecule has 0 aliphatic heterocycles. The molecule has 112 valence electrons. The Bertz CT molecular complexity index is 583. The molecule has 0 spiro atoms. The Labute approximate surface area is 124 Å². The maximum absolute atomic E-state index is 11.9. The number of ether oxygens (including phenoxy) is 1. The van der Waals surface area contributed by atoms with E-state index in [1.54, 1.807) is 7.11 Å². The fourth-order valence-corrected chi connectivity index (χ4v) is 2.18. The smallest absolute Gasteiger partial charge is 0.224 e. The van der Waals surface area contributed by atoms with Gasteiger partial charge in [0.15, 0.2) is 0 Å². The van der Waals surface area contributed by atoms with Crippen LogP contribution in [-0.4, -0.2) is 24.7 Å². The molecule has 0 aliphatic carbocycles. The third-order valence-corrected chi connectivity index (χ3v) is 3.40. The number of aromatic nitrogens is 1. The van der Waals surface area contributed by atoms with Gasteiger partial charge in [-0.05, 0) is 38.0 Å². The van der Waals surface area contributed by atoms with Gasteiger partial charge in [-0.2, -0.15) is 0 Å². The molecule has 2 rings (SSSR count). The molecular formula is C16H20N2O3. The molecule has 0 saturated heterocycles. The van der Waals surface area contributed by atoms with E-state index in [4.69, 9.17) is 9.26 Å². The zero-order valence-electron chi connectivity index (χ0n) is 12.6. The van der Waals surface area contributed by atoms with Crippen LogP contribution < -0.4 is 10.1 Å². The minimum atomic E-state index is 0.00641. The number of carbonyl (C=O) groups is 1. The van der Waals surface area contributed by atoms with Crippen LogP contribution in [-0.2, 0) is 17.6 Å². The summed E-state index contributed by atoms with van der Waals surface area (Å²) in [6, 6.07) is 7.50. The Morgan fingerprint density at radius 3 is 2.57 bits per heavy atom. The van der Waals surface area contributed by atoms with Gasteiger partial charge in [-0.3, -0.25) is 4.79 Å². The van der Waals surface area contributed by atoms with Crippen LogP contribution in [0.3, 0.4) is 0 Å². The van der Waals surface area contributed by atoms with Crippen molar-refractivity contribution in [1.29, 1.82) is 0 Å². The highest BCUT2D eigenvalue weighted by molar-refractivity contribution is 5.78. The van der Waals surface area contributed by atoms with Gasteiger partial charge >= 0.3 is 0 Å². The topological polar surface area (TPSA) is 64.4 Å². The highest BCUT2D eigenvalue weighted by Gasteiger charge is 2.09. The van der Waals surface area contributed by atoms with Crippen LogP contribution in [0.15, 0.2) is 28.8 Å². The number of methoxy groups -OCH3 is 1. The largest absolute Gasteiger partial charge is 0.497 e. The van der Waals surface area contributed by atoms with Crippen molar-refractivity contribution in [3.8, 4) is 5.75 Å². The Balaban J connectivity index is 1.79. The zero-order valence-corrected chi connectivity index (χ0v) is 12.6. The summed E-state index contributed by atoms with van der Waals surface area (Å²) in [7, 11) is 1.62. The van der Waals surface area contributed by atoms with E-state index in [-0.39, 0.29) is 5.91 Å². The van der Waals surface area contributed by atoms with Crippen LogP contribution in [0, 0.1) is 13.8 Å². The molecule has 0 bridgehead atoms. The lowest BCUT2D eigenvalue weighted by Gasteiger charge is -2.06. The highest BCUT2D eigenvalue weighted by atomic mass is 16.5. The first-order valence-corrected chi connectivity index (χ1v) is 6.91. The van der Waals surface area contributed by atoms with Gasteiger partial charge in [-0.25, -0.2) is 0 Å². The first-order chi connectivity index (χ1) is 10.1. The van der Waals surface area contributed by atoms with E-state index in [0.29, 0.717) is 13.0 Å². The average molecular weight is 288 g/mol. The Morgan fingerprint density at radius 2 is 2.00 bits per heavy atom. The van der Waals surface area contributed by atoms with Gasteiger partial charge in [0.2, 0.25) is 5.91 Å². The standard InChI is InChI=1S/C16H20N2O3/c1-11-15(12(2)21-18-11)8-9-17-16(19)10-13-4-6-14(20-3)7-5-13/h4-7H,8-10H2,1-3H3,(H,17,19). The van der Waals surface area contributed by atoms with Crippen LogP contribution in [0.25, 0.3) is 0 Å². The second kappa shape index (κ2) is 6.92. The molecule has 1 heterocycles. The van der Waals surface area contributed by atoms with Crippen molar-refractivity contribution in [1.82, 2.24) is 10.5 Å². The molecule has 0 unspecified atom stereocenters. The number of carbonyl (C=O) groups excluding carboxylic acids is 1. The minimum Gasteiger partial charge on any atom is -0.497 e. The van der Waals surface area contributed by atoms with Gasteiger partial charge in [0.25, 0.3) is 0 Å². The van der Waals surface area contributed by atoms with E-state index in [0.717, 1.165) is 34.8 Å². The quantitative estimate of drug-likeness (QED) is 0.885. The maximum atomic E-state index is 11.9. The summed E-state index contributed by atoms with van der Waals surface area (Å²) in [4.78, 5) is 11.9. The van der Waals surface area contributed by atoms with Gasteiger partial charge in [0, 0.05) is 12.1 Å². The molecule has 0 fully saturated rings. The van der Waals surface area contributed by atoms with E-state index >= 15 is 0 Å². The first-order valence-electron chi connectivity index (χ1n) is 6.91. The second-order valence-electron chi connectivity index (χ2n) is 4.93. The third-order valence-electron chi connectivity index (χ3n) is 3.40. The number of hydrogen-bond acceptors (Lipinski definition) is 4. The van der Waals surface area contributed by atoms with Crippen molar-refractivity contribution in [2.75, 3.05) is 13.7 Å². The fraction of sp³-hybridized carbons (Fsp3) is 0.375. The molecule has 5 nitrogen and oxygen atoms in total. The van der Waals surface area contributed by atoms with Gasteiger partial charge < -0.3 is 14.6 Å². The van der Waals surface area contributed by atoms with E-state index in [1.807, 2.05) is 38.1 Å². The molecule has 0 aliphatic rings. The van der Waals surface area contributed by atoms with Crippen LogP contribution in [0.2, 0.25) is 0 Å². The molecule has 1 N–H and O–H groups in total. The summed E-state index contributed by atoms with van der Waals surface area (Å²) >= 11 is 0. The normalized spacial score (nSPS) is 10.4. The lowest BCUT2D eigenvalue weighted by molar-refractivity contribution is -0.120. The molecule has 5 heteroatoms. The van der Waals surface area contributed by atoms with E-state index in [1.165, 1.54) is 0 Å². The number of nitrogens with zero attached hydrogens (tertiary/aromatic N) is 1. The van der Waals surface area contributed by atoms with Crippen molar-refractivity contribution in [3.05, 3.63) is 46.8 Å². The summed E-state index contributed by atoms with van der Waals surface area (Å²) in [5.74, 6) is 1.61. The van der Waals surface area contributed by atoms with E-state index < -0.39 is 0 Å². The maximum Gasteiger partial charge on any atom is 0.224 e. The lowest BCUT2D eigenvalue weighted by atomic mass is 10.1. The molecule has 2 aromatic rings. The molecular weight excluding hydrogens is 268 g/mol. The third kappa shape index (κ3) is 4.08. The predicted octanol–water partition coefficient (Wildman–Crippen LogP) is 2.20. The Morgan fingerprint density at radius 1 is 1.29 bits per heavy atom. The van der Waals surface area contributed by atoms with Gasteiger partial charge in [0.05, 0.1) is 19.2 Å². The van der Waals surface area contributed by atoms with Crippen LogP contribution in [0.4, 0.5) is 0 Å². The molecule has 21 heavy (non-hydrogen) atoms. The molecule has 1 aromatic heterocycles. The van der Waals surface area contributed by atoms with E-state index in [2.05, 4.69) is 10.5 Å². The monoisotopic (exact) mass is 288 g/mol. The number of rotatable bonds is 6. The summed E-state index contributed by atoms with van der Waals surface area (Å²) in [6.45, 7) is 4.37. The highest BCUT2D eigenvalue weighted by Crippen LogP contribution is 2.13. The molecule has 1 aromatic carbocycles. The van der Waals surface area contributed by atoms with Gasteiger partial charge in [0.1, 0.15) is 11.5 Å². The van der Waals surface area contributed by atoms with Crippen molar-refractivity contribution < 1.29 is 14.1 Å². The lowest BCUT2D eigenvalue weighted by Crippen LogP contribution is -2.27. The summed E-state index contributed by atoms with van der Waals surface area (Å²) in [5, 5.41) is 6.81. The van der Waals surface area contributed by atoms with Gasteiger partial charge in [-0.1, -0.05) is 17.3 Å². The Kier molecular flexibility index (Phi) is 4.98. The molecule has 0 atom stereocenters. The minimum absolute atomic E-state index is 0.00641. The van der Waals surface area contributed by atoms with Crippen LogP contribution in [0.1, 0.15) is 22.6 Å². The zero-order chi connectivity index (χ0) is 15.2. The van der Waals surface area contributed by atoms with Crippen molar-refractivity contribution in [3.63, 3.8) is 0 Å². The average Bonchev–Trinajstić information content (AvgIpc) is 2.80. The van der Waals surface area contributed by atoms with Crippen molar-refractivity contribution in [2.24, 2.45) is 0 Å². The Hall–Kier alpha value is -2.30. The second-order valence-corrected chi connectivity index (χ2v) is 4.93. The summed E-state index contributed by atoms with van der Waals surface area (Å²) in [6.07, 6.45) is 1.10. The van der Waals surface area contributed by atoms with Crippen molar-refractivity contribution in [2.45, 2.75) is 26.7 Å². The number of aryl methyl sites for hydroxylation is 2. The number of amides is 1. The first kappa shape index (κ1) is 15.1. The number of nitrogens with one attached hydrogen (secondary N) is 1. The summed E-state index contributed by atoms with van der Waals surface area (Å²) in [5.41, 5.74) is 2.92. The van der Waals surface area contributed by atoms with Gasteiger partial charge in [-0.15, -0.1) is 0 Å². The summed E-state index contributed by atoms with van der Waals surface area (Å²) < 4.78 is 10.2.